The molecule has 0 atom stereocenters. The van der Waals surface area contributed by atoms with E-state index in [1.54, 1.807) is 13.2 Å². The number of halogens is 5. The molecule has 154 valence electrons. The van der Waals surface area contributed by atoms with Gasteiger partial charge in [0.05, 0.1) is 5.69 Å². The molecule has 0 saturated carbocycles. The third-order valence-electron chi connectivity index (χ3n) is 4.13. The molecule has 1 N–H and O–H groups in total. The van der Waals surface area contributed by atoms with Gasteiger partial charge in [-0.3, -0.25) is 14.8 Å². The number of hydrogen-bond donors (Lipinski definition) is 1. The van der Waals surface area contributed by atoms with Gasteiger partial charge in [0.25, 0.3) is 5.95 Å². The Morgan fingerprint density at radius 1 is 1.03 bits per heavy atom. The number of imidazole rings is 1. The Hall–Kier alpha value is -3.83. The number of carbonyl (C=O) groups excluding carboxylic acids is 1. The summed E-state index contributed by atoms with van der Waals surface area (Å²) in [6.45, 7) is 0. The highest BCUT2D eigenvalue weighted by atomic mass is 19.4. The van der Waals surface area contributed by atoms with Gasteiger partial charge in [0, 0.05) is 24.4 Å². The lowest BCUT2D eigenvalue weighted by Crippen LogP contribution is -2.30. The standard InChI is InChI=1S/C18H11F5N6O/c1-28-8-11(14(27-28)9-2-4-10(19)5-3-9)12-6-7-13-24-16(15(20)29(13)26-12)25-17(30)18(21,22)23/h2-8H,1H3,(H,25,30). The number of fused-ring (bicyclic) bond motifs is 1. The molecule has 0 aliphatic carbocycles. The van der Waals surface area contributed by atoms with Gasteiger partial charge >= 0.3 is 12.1 Å². The van der Waals surface area contributed by atoms with Gasteiger partial charge < -0.3 is 0 Å². The maximum atomic E-state index is 14.5. The smallest absolute Gasteiger partial charge is 0.299 e. The number of carbonyl (C=O) groups is 1. The molecular formula is C18H11F5N6O. The van der Waals surface area contributed by atoms with Crippen molar-refractivity contribution in [3.63, 3.8) is 0 Å². The fourth-order valence-electron chi connectivity index (χ4n) is 2.80. The van der Waals surface area contributed by atoms with Crippen molar-refractivity contribution in [1.29, 1.82) is 0 Å². The average molecular weight is 422 g/mol. The van der Waals surface area contributed by atoms with E-state index in [-0.39, 0.29) is 11.3 Å². The summed E-state index contributed by atoms with van der Waals surface area (Å²) in [5.41, 5.74) is 1.62. The normalized spacial score (nSPS) is 11.8. The Morgan fingerprint density at radius 2 is 1.73 bits per heavy atom. The van der Waals surface area contributed by atoms with Gasteiger partial charge in [0.15, 0.2) is 11.5 Å². The number of amides is 1. The van der Waals surface area contributed by atoms with E-state index < -0.39 is 29.7 Å². The molecule has 1 aromatic carbocycles. The highest BCUT2D eigenvalue weighted by Gasteiger charge is 2.39. The lowest BCUT2D eigenvalue weighted by atomic mass is 10.1. The van der Waals surface area contributed by atoms with Crippen molar-refractivity contribution in [2.24, 2.45) is 7.05 Å². The van der Waals surface area contributed by atoms with Gasteiger partial charge in [-0.1, -0.05) is 0 Å². The van der Waals surface area contributed by atoms with Crippen LogP contribution in [-0.4, -0.2) is 36.5 Å². The fourth-order valence-corrected chi connectivity index (χ4v) is 2.80. The second kappa shape index (κ2) is 6.90. The number of nitrogens with zero attached hydrogens (tertiary/aromatic N) is 5. The molecule has 0 spiro atoms. The highest BCUT2D eigenvalue weighted by Crippen LogP contribution is 2.30. The molecule has 0 unspecified atom stereocenters. The molecule has 0 fully saturated rings. The first-order valence-electron chi connectivity index (χ1n) is 8.37. The van der Waals surface area contributed by atoms with Crippen LogP contribution in [0, 0.1) is 11.8 Å². The molecule has 1 amide bonds. The van der Waals surface area contributed by atoms with Crippen LogP contribution in [0.1, 0.15) is 0 Å². The van der Waals surface area contributed by atoms with Crippen LogP contribution in [0.4, 0.5) is 27.8 Å². The first-order valence-corrected chi connectivity index (χ1v) is 8.37. The Kier molecular flexibility index (Phi) is 4.48. The predicted octanol–water partition coefficient (Wildman–Crippen LogP) is 3.58. The maximum Gasteiger partial charge on any atom is 0.471 e. The fraction of sp³-hybridized carbons (Fsp3) is 0.111. The van der Waals surface area contributed by atoms with Crippen LogP contribution in [0.2, 0.25) is 0 Å². The average Bonchev–Trinajstić information content (AvgIpc) is 3.22. The van der Waals surface area contributed by atoms with Crippen molar-refractivity contribution in [3.05, 3.63) is 54.4 Å². The highest BCUT2D eigenvalue weighted by molar-refractivity contribution is 5.94. The number of aryl methyl sites for hydroxylation is 1. The molecule has 0 radical (unpaired) electrons. The summed E-state index contributed by atoms with van der Waals surface area (Å²) in [6.07, 6.45) is -3.59. The Balaban J connectivity index is 1.77. The van der Waals surface area contributed by atoms with Gasteiger partial charge in [-0.05, 0) is 36.4 Å². The molecule has 3 aromatic heterocycles. The number of benzene rings is 1. The quantitative estimate of drug-likeness (QED) is 0.512. The Morgan fingerprint density at radius 3 is 2.40 bits per heavy atom. The molecule has 0 bridgehead atoms. The van der Waals surface area contributed by atoms with Crippen molar-refractivity contribution in [2.75, 3.05) is 5.32 Å². The maximum absolute atomic E-state index is 14.5. The number of hydrogen-bond acceptors (Lipinski definition) is 4. The van der Waals surface area contributed by atoms with E-state index >= 15 is 0 Å². The summed E-state index contributed by atoms with van der Waals surface area (Å²) < 4.78 is 67.2. The van der Waals surface area contributed by atoms with Crippen LogP contribution in [0.15, 0.2) is 42.6 Å². The SMILES string of the molecule is Cn1cc(-c2ccc3nc(NC(=O)C(F)(F)F)c(F)n3n2)c(-c2ccc(F)cc2)n1. The van der Waals surface area contributed by atoms with Crippen LogP contribution in [-0.2, 0) is 11.8 Å². The van der Waals surface area contributed by atoms with E-state index in [1.165, 1.54) is 46.4 Å². The minimum Gasteiger partial charge on any atom is -0.299 e. The first-order chi connectivity index (χ1) is 14.1. The van der Waals surface area contributed by atoms with Crippen LogP contribution in [0.25, 0.3) is 28.2 Å². The zero-order chi connectivity index (χ0) is 21.6. The summed E-state index contributed by atoms with van der Waals surface area (Å²) in [4.78, 5) is 14.7. The predicted molar refractivity (Wildman–Crippen MR) is 95.2 cm³/mol. The van der Waals surface area contributed by atoms with Gasteiger partial charge in [-0.15, -0.1) is 0 Å². The van der Waals surface area contributed by atoms with E-state index in [9.17, 15) is 26.7 Å². The van der Waals surface area contributed by atoms with Gasteiger partial charge in [-0.25, -0.2) is 9.37 Å². The summed E-state index contributed by atoms with van der Waals surface area (Å²) >= 11 is 0. The van der Waals surface area contributed by atoms with Gasteiger partial charge in [-0.2, -0.15) is 32.3 Å². The zero-order valence-corrected chi connectivity index (χ0v) is 15.1. The van der Waals surface area contributed by atoms with Gasteiger partial charge in [0.1, 0.15) is 11.5 Å². The molecular weight excluding hydrogens is 411 g/mol. The minimum absolute atomic E-state index is 0.110. The van der Waals surface area contributed by atoms with Crippen LogP contribution < -0.4 is 5.32 Å². The summed E-state index contributed by atoms with van der Waals surface area (Å²) in [6, 6.07) is 8.35. The van der Waals surface area contributed by atoms with Crippen LogP contribution in [0.5, 0.6) is 0 Å². The van der Waals surface area contributed by atoms with Crippen LogP contribution in [0.3, 0.4) is 0 Å². The third-order valence-corrected chi connectivity index (χ3v) is 4.13. The zero-order valence-electron chi connectivity index (χ0n) is 15.1. The van der Waals surface area contributed by atoms with Crippen molar-refractivity contribution in [3.8, 4) is 22.5 Å². The topological polar surface area (TPSA) is 77.1 Å². The van der Waals surface area contributed by atoms with E-state index in [1.807, 2.05) is 0 Å². The lowest BCUT2D eigenvalue weighted by molar-refractivity contribution is -0.167. The van der Waals surface area contributed by atoms with Crippen LogP contribution >= 0.6 is 0 Å². The second-order valence-electron chi connectivity index (χ2n) is 6.26. The van der Waals surface area contributed by atoms with E-state index in [0.29, 0.717) is 21.3 Å². The van der Waals surface area contributed by atoms with Crippen molar-refractivity contribution in [2.45, 2.75) is 6.18 Å². The number of anilines is 1. The molecule has 0 saturated heterocycles. The Labute approximate surface area is 164 Å². The number of aromatic nitrogens is 5. The molecule has 12 heteroatoms. The van der Waals surface area contributed by atoms with Gasteiger partial charge in [0.2, 0.25) is 0 Å². The number of nitrogens with one attached hydrogen (secondary N) is 1. The minimum atomic E-state index is -5.19. The number of rotatable bonds is 3. The molecule has 3 heterocycles. The van der Waals surface area contributed by atoms with E-state index in [4.69, 9.17) is 0 Å². The Bertz CT molecular complexity index is 1260. The molecule has 4 aromatic rings. The largest absolute Gasteiger partial charge is 0.471 e. The summed E-state index contributed by atoms with van der Waals surface area (Å²) in [5, 5.41) is 9.77. The van der Waals surface area contributed by atoms with Crippen molar-refractivity contribution in [1.82, 2.24) is 24.4 Å². The molecule has 0 aliphatic heterocycles. The summed E-state index contributed by atoms with van der Waals surface area (Å²) in [7, 11) is 1.65. The molecule has 4 rings (SSSR count). The third kappa shape index (κ3) is 3.47. The van der Waals surface area contributed by atoms with Crippen molar-refractivity contribution < 1.29 is 26.7 Å². The molecule has 7 nitrogen and oxygen atoms in total. The monoisotopic (exact) mass is 422 g/mol. The lowest BCUT2D eigenvalue weighted by Gasteiger charge is -2.04. The van der Waals surface area contributed by atoms with E-state index in [0.717, 1.165) is 0 Å². The molecule has 30 heavy (non-hydrogen) atoms. The second-order valence-corrected chi connectivity index (χ2v) is 6.26. The molecule has 0 aliphatic rings. The first kappa shape index (κ1) is 19.5. The van der Waals surface area contributed by atoms with Crippen molar-refractivity contribution >= 4 is 17.4 Å². The summed E-state index contributed by atoms with van der Waals surface area (Å²) in [5.74, 6) is -4.94. The number of alkyl halides is 3. The van der Waals surface area contributed by atoms with E-state index in [2.05, 4.69) is 15.2 Å².